The summed E-state index contributed by atoms with van der Waals surface area (Å²) in [6, 6.07) is 8.67. The summed E-state index contributed by atoms with van der Waals surface area (Å²) in [5.41, 5.74) is 2.91. The van der Waals surface area contributed by atoms with Gasteiger partial charge in [0.25, 0.3) is 5.91 Å². The SMILES string of the molecule is Cc1ccc(/C=N/NC(=O)c2ccc3c(c2)OCCCO3)o1. The molecule has 6 nitrogen and oxygen atoms in total. The third kappa shape index (κ3) is 3.28. The molecule has 22 heavy (non-hydrogen) atoms. The number of benzene rings is 1. The summed E-state index contributed by atoms with van der Waals surface area (Å²) in [7, 11) is 0. The Morgan fingerprint density at radius 3 is 2.77 bits per heavy atom. The number of hydrogen-bond donors (Lipinski definition) is 1. The molecule has 3 rings (SSSR count). The highest BCUT2D eigenvalue weighted by Crippen LogP contribution is 2.30. The van der Waals surface area contributed by atoms with E-state index in [4.69, 9.17) is 13.9 Å². The minimum Gasteiger partial charge on any atom is -0.490 e. The van der Waals surface area contributed by atoms with Crippen LogP contribution in [0.15, 0.2) is 39.9 Å². The molecule has 1 aliphatic heterocycles. The zero-order valence-electron chi connectivity index (χ0n) is 12.2. The maximum Gasteiger partial charge on any atom is 0.271 e. The van der Waals surface area contributed by atoms with Crippen molar-refractivity contribution in [1.29, 1.82) is 0 Å². The van der Waals surface area contributed by atoms with E-state index >= 15 is 0 Å². The van der Waals surface area contributed by atoms with Crippen molar-refractivity contribution in [3.05, 3.63) is 47.4 Å². The Morgan fingerprint density at radius 1 is 1.18 bits per heavy atom. The van der Waals surface area contributed by atoms with Crippen LogP contribution >= 0.6 is 0 Å². The molecule has 0 unspecified atom stereocenters. The van der Waals surface area contributed by atoms with Crippen LogP contribution in [0.5, 0.6) is 11.5 Å². The maximum atomic E-state index is 12.1. The van der Waals surface area contributed by atoms with Crippen molar-refractivity contribution in [2.75, 3.05) is 13.2 Å². The molecule has 0 radical (unpaired) electrons. The molecule has 0 atom stereocenters. The highest BCUT2D eigenvalue weighted by molar-refractivity contribution is 5.95. The van der Waals surface area contributed by atoms with E-state index in [0.717, 1.165) is 12.2 Å². The van der Waals surface area contributed by atoms with E-state index in [1.165, 1.54) is 6.21 Å². The van der Waals surface area contributed by atoms with Crippen LogP contribution in [0, 0.1) is 6.92 Å². The van der Waals surface area contributed by atoms with Gasteiger partial charge in [-0.25, -0.2) is 5.43 Å². The zero-order valence-corrected chi connectivity index (χ0v) is 12.2. The fourth-order valence-electron chi connectivity index (χ4n) is 2.05. The Bertz CT molecular complexity index is 706. The molecule has 2 heterocycles. The van der Waals surface area contributed by atoms with Crippen molar-refractivity contribution in [3.63, 3.8) is 0 Å². The predicted octanol–water partition coefficient (Wildman–Crippen LogP) is 2.51. The quantitative estimate of drug-likeness (QED) is 0.698. The summed E-state index contributed by atoms with van der Waals surface area (Å²) in [4.78, 5) is 12.1. The number of ether oxygens (including phenoxy) is 2. The minimum atomic E-state index is -0.324. The summed E-state index contributed by atoms with van der Waals surface area (Å²) in [5.74, 6) is 2.28. The van der Waals surface area contributed by atoms with E-state index in [-0.39, 0.29) is 5.91 Å². The van der Waals surface area contributed by atoms with Gasteiger partial charge in [-0.05, 0) is 37.3 Å². The first-order valence-electron chi connectivity index (χ1n) is 7.02. The summed E-state index contributed by atoms with van der Waals surface area (Å²) in [5, 5.41) is 3.87. The summed E-state index contributed by atoms with van der Waals surface area (Å²) in [6.45, 7) is 3.03. The summed E-state index contributed by atoms with van der Waals surface area (Å²) >= 11 is 0. The molecule has 0 fully saturated rings. The molecular weight excluding hydrogens is 284 g/mol. The number of hydrogen-bond acceptors (Lipinski definition) is 5. The molecule has 0 saturated heterocycles. The second-order valence-corrected chi connectivity index (χ2v) is 4.86. The predicted molar refractivity (Wildman–Crippen MR) is 80.6 cm³/mol. The smallest absolute Gasteiger partial charge is 0.271 e. The average Bonchev–Trinajstić information content (AvgIpc) is 2.80. The van der Waals surface area contributed by atoms with Gasteiger partial charge in [-0.2, -0.15) is 5.10 Å². The molecule has 0 aliphatic carbocycles. The second-order valence-electron chi connectivity index (χ2n) is 4.86. The molecule has 0 bridgehead atoms. The van der Waals surface area contributed by atoms with Crippen molar-refractivity contribution in [1.82, 2.24) is 5.43 Å². The van der Waals surface area contributed by atoms with E-state index in [0.29, 0.717) is 36.0 Å². The first kappa shape index (κ1) is 14.2. The van der Waals surface area contributed by atoms with Crippen LogP contribution < -0.4 is 14.9 Å². The fraction of sp³-hybridized carbons (Fsp3) is 0.250. The van der Waals surface area contributed by atoms with Crippen LogP contribution in [-0.2, 0) is 0 Å². The number of furan rings is 1. The van der Waals surface area contributed by atoms with Crippen LogP contribution in [0.25, 0.3) is 0 Å². The third-order valence-electron chi connectivity index (χ3n) is 3.13. The lowest BCUT2D eigenvalue weighted by Gasteiger charge is -2.08. The lowest BCUT2D eigenvalue weighted by Crippen LogP contribution is -2.17. The highest BCUT2D eigenvalue weighted by atomic mass is 16.5. The summed E-state index contributed by atoms with van der Waals surface area (Å²) in [6.07, 6.45) is 2.27. The van der Waals surface area contributed by atoms with Crippen molar-refractivity contribution in [2.45, 2.75) is 13.3 Å². The van der Waals surface area contributed by atoms with Gasteiger partial charge in [-0.15, -0.1) is 0 Å². The molecule has 1 N–H and O–H groups in total. The van der Waals surface area contributed by atoms with Crippen molar-refractivity contribution in [3.8, 4) is 11.5 Å². The molecule has 1 amide bonds. The number of carbonyl (C=O) groups is 1. The van der Waals surface area contributed by atoms with Crippen molar-refractivity contribution in [2.24, 2.45) is 5.10 Å². The van der Waals surface area contributed by atoms with E-state index in [1.54, 1.807) is 24.3 Å². The van der Waals surface area contributed by atoms with Crippen LogP contribution in [0.3, 0.4) is 0 Å². The zero-order chi connectivity index (χ0) is 15.4. The van der Waals surface area contributed by atoms with Gasteiger partial charge >= 0.3 is 0 Å². The molecule has 2 aromatic rings. The number of amides is 1. The normalized spacial score (nSPS) is 13.9. The highest BCUT2D eigenvalue weighted by Gasteiger charge is 2.13. The van der Waals surface area contributed by atoms with Crippen molar-refractivity contribution < 1.29 is 18.7 Å². The van der Waals surface area contributed by atoms with Crippen LogP contribution in [0.2, 0.25) is 0 Å². The number of rotatable bonds is 3. The first-order chi connectivity index (χ1) is 10.7. The van der Waals surface area contributed by atoms with Crippen molar-refractivity contribution >= 4 is 12.1 Å². The number of nitrogens with one attached hydrogen (secondary N) is 1. The fourth-order valence-corrected chi connectivity index (χ4v) is 2.05. The van der Waals surface area contributed by atoms with E-state index < -0.39 is 0 Å². The van der Waals surface area contributed by atoms with Gasteiger partial charge in [0.05, 0.1) is 19.4 Å². The number of fused-ring (bicyclic) bond motifs is 1. The third-order valence-corrected chi connectivity index (χ3v) is 3.13. The topological polar surface area (TPSA) is 73.1 Å². The average molecular weight is 300 g/mol. The van der Waals surface area contributed by atoms with Crippen LogP contribution in [0.1, 0.15) is 28.3 Å². The molecule has 0 saturated carbocycles. The second kappa shape index (κ2) is 6.34. The van der Waals surface area contributed by atoms with Crippen LogP contribution in [0.4, 0.5) is 0 Å². The molecule has 0 spiro atoms. The van der Waals surface area contributed by atoms with Gasteiger partial charge in [-0.1, -0.05) is 0 Å². The Balaban J connectivity index is 1.67. The van der Waals surface area contributed by atoms with Gasteiger partial charge in [0.15, 0.2) is 11.5 Å². The lowest BCUT2D eigenvalue weighted by molar-refractivity contribution is 0.0954. The number of hydrazone groups is 1. The number of carbonyl (C=O) groups excluding carboxylic acids is 1. The van der Waals surface area contributed by atoms with Gasteiger partial charge in [0, 0.05) is 12.0 Å². The van der Waals surface area contributed by atoms with E-state index in [2.05, 4.69) is 10.5 Å². The molecule has 1 aromatic carbocycles. The van der Waals surface area contributed by atoms with E-state index in [1.807, 2.05) is 13.0 Å². The largest absolute Gasteiger partial charge is 0.490 e. The van der Waals surface area contributed by atoms with E-state index in [9.17, 15) is 4.79 Å². The summed E-state index contributed by atoms with van der Waals surface area (Å²) < 4.78 is 16.4. The Morgan fingerprint density at radius 2 is 2.00 bits per heavy atom. The van der Waals surface area contributed by atoms with Gasteiger partial charge in [-0.3, -0.25) is 4.79 Å². The Hall–Kier alpha value is -2.76. The van der Waals surface area contributed by atoms with Gasteiger partial charge < -0.3 is 13.9 Å². The van der Waals surface area contributed by atoms with Gasteiger partial charge in [0.1, 0.15) is 11.5 Å². The van der Waals surface area contributed by atoms with Gasteiger partial charge in [0.2, 0.25) is 0 Å². The standard InChI is InChI=1S/C16H16N2O4/c1-11-3-5-13(22-11)10-17-18-16(19)12-4-6-14-15(9-12)21-8-2-7-20-14/h3-6,9-10H,2,7-8H2,1H3,(H,18,19)/b17-10+. The first-order valence-corrected chi connectivity index (χ1v) is 7.02. The lowest BCUT2D eigenvalue weighted by atomic mass is 10.2. The molecule has 6 heteroatoms. The van der Waals surface area contributed by atoms with Crippen LogP contribution in [-0.4, -0.2) is 25.3 Å². The maximum absolute atomic E-state index is 12.1. The number of nitrogens with zero attached hydrogens (tertiary/aromatic N) is 1. The Labute approximate surface area is 127 Å². The Kier molecular flexibility index (Phi) is 4.09. The molecular formula is C16H16N2O4. The monoisotopic (exact) mass is 300 g/mol. The molecule has 1 aromatic heterocycles. The number of aryl methyl sites for hydroxylation is 1. The molecule has 114 valence electrons. The molecule has 1 aliphatic rings. The minimum absolute atomic E-state index is 0.324.